The van der Waals surface area contributed by atoms with Gasteiger partial charge in [0.05, 0.1) is 17.6 Å². The summed E-state index contributed by atoms with van der Waals surface area (Å²) in [6.07, 6.45) is 0.979. The summed E-state index contributed by atoms with van der Waals surface area (Å²) in [7, 11) is 0. The van der Waals surface area contributed by atoms with Crippen molar-refractivity contribution in [2.75, 3.05) is 30.3 Å². The molecule has 1 heterocycles. The number of anilines is 2. The van der Waals surface area contributed by atoms with E-state index in [2.05, 4.69) is 20.6 Å². The van der Waals surface area contributed by atoms with E-state index in [-0.39, 0.29) is 23.9 Å². The molecule has 0 aliphatic rings. The third kappa shape index (κ3) is 4.30. The smallest absolute Gasteiger partial charge is 0.353 e. The molecular weight excluding hydrogens is 254 g/mol. The lowest BCUT2D eigenvalue weighted by atomic mass is 10.3. The van der Waals surface area contributed by atoms with Gasteiger partial charge in [-0.3, -0.25) is 10.1 Å². The van der Waals surface area contributed by atoms with Gasteiger partial charge in [0.1, 0.15) is 6.33 Å². The van der Waals surface area contributed by atoms with Gasteiger partial charge >= 0.3 is 5.69 Å². The van der Waals surface area contributed by atoms with Gasteiger partial charge in [-0.25, -0.2) is 9.97 Å². The second kappa shape index (κ2) is 7.44. The van der Waals surface area contributed by atoms with Crippen molar-refractivity contribution < 1.29 is 15.1 Å². The Bertz CT molecular complexity index is 428. The number of nitrogens with one attached hydrogen (secondary N) is 2. The predicted molar refractivity (Wildman–Crippen MR) is 69.0 cm³/mol. The number of aliphatic hydroxyl groups is 2. The summed E-state index contributed by atoms with van der Waals surface area (Å²) in [5.41, 5.74) is -0.277. The molecule has 9 nitrogen and oxygen atoms in total. The lowest BCUT2D eigenvalue weighted by molar-refractivity contribution is -0.383. The van der Waals surface area contributed by atoms with Gasteiger partial charge in [0.15, 0.2) is 0 Å². The van der Waals surface area contributed by atoms with Crippen molar-refractivity contribution in [3.63, 3.8) is 0 Å². The first-order valence-electron chi connectivity index (χ1n) is 5.86. The van der Waals surface area contributed by atoms with Crippen molar-refractivity contribution in [2.24, 2.45) is 0 Å². The third-order valence-corrected chi connectivity index (χ3v) is 2.26. The predicted octanol–water partition coefficient (Wildman–Crippen LogP) is -0.0282. The standard InChI is InChI=1S/C10H17N5O4/c1-2-3-11-9-8(15(18)19)10(14-6-13-9)12-4-7(17)5-16/h6-7,16-17H,2-5H2,1H3,(H2,11,12,13,14). The van der Waals surface area contributed by atoms with Crippen molar-refractivity contribution in [2.45, 2.75) is 19.4 Å². The van der Waals surface area contributed by atoms with Gasteiger partial charge in [-0.2, -0.15) is 0 Å². The Morgan fingerprint density at radius 3 is 2.58 bits per heavy atom. The van der Waals surface area contributed by atoms with Gasteiger partial charge < -0.3 is 20.8 Å². The molecular formula is C10H17N5O4. The van der Waals surface area contributed by atoms with E-state index < -0.39 is 17.6 Å². The van der Waals surface area contributed by atoms with E-state index in [4.69, 9.17) is 5.11 Å². The number of rotatable bonds is 8. The monoisotopic (exact) mass is 271 g/mol. The van der Waals surface area contributed by atoms with E-state index >= 15 is 0 Å². The number of nitro groups is 1. The summed E-state index contributed by atoms with van der Waals surface area (Å²) in [6, 6.07) is 0. The number of hydrogen-bond acceptors (Lipinski definition) is 8. The fraction of sp³-hybridized carbons (Fsp3) is 0.600. The van der Waals surface area contributed by atoms with Crippen LogP contribution in [-0.2, 0) is 0 Å². The second-order valence-corrected chi connectivity index (χ2v) is 3.82. The summed E-state index contributed by atoms with van der Waals surface area (Å²) in [5, 5.41) is 34.4. The van der Waals surface area contributed by atoms with Crippen molar-refractivity contribution in [1.82, 2.24) is 9.97 Å². The minimum atomic E-state index is -1.01. The molecule has 1 rings (SSSR count). The molecule has 0 bridgehead atoms. The van der Waals surface area contributed by atoms with E-state index in [0.29, 0.717) is 6.54 Å². The van der Waals surface area contributed by atoms with Crippen LogP contribution in [0.5, 0.6) is 0 Å². The van der Waals surface area contributed by atoms with Crippen LogP contribution >= 0.6 is 0 Å². The SMILES string of the molecule is CCCNc1ncnc(NCC(O)CO)c1[N+](=O)[O-]. The molecule has 0 saturated heterocycles. The highest BCUT2D eigenvalue weighted by Gasteiger charge is 2.22. The Labute approximate surface area is 109 Å². The molecule has 0 radical (unpaired) electrons. The normalized spacial score (nSPS) is 11.9. The molecule has 0 aliphatic carbocycles. The van der Waals surface area contributed by atoms with Gasteiger partial charge in [0.25, 0.3) is 0 Å². The summed E-state index contributed by atoms with van der Waals surface area (Å²) >= 11 is 0. The van der Waals surface area contributed by atoms with Crippen LogP contribution in [0.2, 0.25) is 0 Å². The zero-order valence-electron chi connectivity index (χ0n) is 10.5. The maximum atomic E-state index is 11.1. The first-order chi connectivity index (χ1) is 9.10. The summed E-state index contributed by atoms with van der Waals surface area (Å²) < 4.78 is 0. The van der Waals surface area contributed by atoms with Crippen molar-refractivity contribution in [3.05, 3.63) is 16.4 Å². The van der Waals surface area contributed by atoms with Crippen LogP contribution < -0.4 is 10.6 Å². The van der Waals surface area contributed by atoms with Crippen LogP contribution in [0.1, 0.15) is 13.3 Å². The zero-order chi connectivity index (χ0) is 14.3. The molecule has 0 fully saturated rings. The summed E-state index contributed by atoms with van der Waals surface area (Å²) in [4.78, 5) is 18.1. The molecule has 0 aliphatic heterocycles. The van der Waals surface area contributed by atoms with E-state index in [9.17, 15) is 15.2 Å². The largest absolute Gasteiger partial charge is 0.394 e. The van der Waals surface area contributed by atoms with E-state index in [1.165, 1.54) is 6.33 Å². The molecule has 1 aromatic heterocycles. The third-order valence-electron chi connectivity index (χ3n) is 2.26. The molecule has 4 N–H and O–H groups in total. The fourth-order valence-electron chi connectivity index (χ4n) is 1.33. The van der Waals surface area contributed by atoms with Gasteiger partial charge in [-0.15, -0.1) is 0 Å². The maximum Gasteiger partial charge on any atom is 0.353 e. The molecule has 0 aromatic carbocycles. The molecule has 106 valence electrons. The first-order valence-corrected chi connectivity index (χ1v) is 5.86. The Morgan fingerprint density at radius 1 is 1.42 bits per heavy atom. The number of hydrogen-bond donors (Lipinski definition) is 4. The molecule has 0 saturated carbocycles. The topological polar surface area (TPSA) is 133 Å². The van der Waals surface area contributed by atoms with Gasteiger partial charge in [-0.1, -0.05) is 6.92 Å². The van der Waals surface area contributed by atoms with Crippen LogP contribution in [0, 0.1) is 10.1 Å². The van der Waals surface area contributed by atoms with Crippen LogP contribution in [0.3, 0.4) is 0 Å². The number of nitrogens with zero attached hydrogens (tertiary/aromatic N) is 3. The Kier molecular flexibility index (Phi) is 5.90. The molecule has 0 spiro atoms. The van der Waals surface area contributed by atoms with E-state index in [1.54, 1.807) is 0 Å². The maximum absolute atomic E-state index is 11.1. The van der Waals surface area contributed by atoms with Gasteiger partial charge in [0, 0.05) is 13.1 Å². The summed E-state index contributed by atoms with van der Waals surface area (Å²) in [6.45, 7) is 2.00. The average molecular weight is 271 g/mol. The lowest BCUT2D eigenvalue weighted by Gasteiger charge is -2.11. The van der Waals surface area contributed by atoms with Gasteiger partial charge in [-0.05, 0) is 6.42 Å². The Morgan fingerprint density at radius 2 is 2.05 bits per heavy atom. The second-order valence-electron chi connectivity index (χ2n) is 3.82. The van der Waals surface area contributed by atoms with Crippen LogP contribution in [0.4, 0.5) is 17.3 Å². The fourth-order valence-corrected chi connectivity index (χ4v) is 1.33. The van der Waals surface area contributed by atoms with Crippen LogP contribution in [0.25, 0.3) is 0 Å². The Balaban J connectivity index is 2.92. The quantitative estimate of drug-likeness (QED) is 0.382. The zero-order valence-corrected chi connectivity index (χ0v) is 10.5. The highest BCUT2D eigenvalue weighted by molar-refractivity contribution is 5.69. The van der Waals surface area contributed by atoms with Crippen LogP contribution in [0.15, 0.2) is 6.33 Å². The highest BCUT2D eigenvalue weighted by Crippen LogP contribution is 2.28. The van der Waals surface area contributed by atoms with E-state index in [0.717, 1.165) is 6.42 Å². The van der Waals surface area contributed by atoms with Crippen LogP contribution in [-0.4, -0.2) is 50.9 Å². The Hall–Kier alpha value is -2.00. The van der Waals surface area contributed by atoms with Gasteiger partial charge in [0.2, 0.25) is 11.6 Å². The minimum Gasteiger partial charge on any atom is -0.394 e. The molecule has 1 unspecified atom stereocenters. The minimum absolute atomic E-state index is 0.00565. The van der Waals surface area contributed by atoms with E-state index in [1.807, 2.05) is 6.92 Å². The first kappa shape index (κ1) is 15.1. The highest BCUT2D eigenvalue weighted by atomic mass is 16.6. The van der Waals surface area contributed by atoms with Crippen molar-refractivity contribution >= 4 is 17.3 Å². The molecule has 19 heavy (non-hydrogen) atoms. The van der Waals surface area contributed by atoms with Crippen molar-refractivity contribution in [3.8, 4) is 0 Å². The number of aromatic nitrogens is 2. The molecule has 1 aromatic rings. The molecule has 1 atom stereocenters. The summed E-state index contributed by atoms with van der Waals surface area (Å²) in [5.74, 6) is 0.133. The van der Waals surface area contributed by atoms with Crippen molar-refractivity contribution in [1.29, 1.82) is 0 Å². The molecule has 0 amide bonds. The number of aliphatic hydroxyl groups excluding tert-OH is 2. The average Bonchev–Trinajstić information content (AvgIpc) is 2.41. The lowest BCUT2D eigenvalue weighted by Crippen LogP contribution is -2.24. The molecule has 9 heteroatoms.